The van der Waals surface area contributed by atoms with Crippen LogP contribution in [0.2, 0.25) is 0 Å². The number of anilines is 1. The lowest BCUT2D eigenvalue weighted by Gasteiger charge is -2.23. The molecule has 0 radical (unpaired) electrons. The summed E-state index contributed by atoms with van der Waals surface area (Å²) in [5.74, 6) is 0.123. The van der Waals surface area contributed by atoms with E-state index in [0.717, 1.165) is 33.5 Å². The summed E-state index contributed by atoms with van der Waals surface area (Å²) < 4.78 is 0. The molecule has 0 fully saturated rings. The van der Waals surface area contributed by atoms with Gasteiger partial charge in [-0.05, 0) is 47.7 Å². The summed E-state index contributed by atoms with van der Waals surface area (Å²) in [5.41, 5.74) is 8.30. The highest BCUT2D eigenvalue weighted by atomic mass is 16.2. The van der Waals surface area contributed by atoms with Gasteiger partial charge in [-0.1, -0.05) is 77.9 Å². The van der Waals surface area contributed by atoms with Gasteiger partial charge in [0.1, 0.15) is 5.41 Å². The van der Waals surface area contributed by atoms with E-state index in [4.69, 9.17) is 0 Å². The van der Waals surface area contributed by atoms with Gasteiger partial charge in [0.05, 0.1) is 0 Å². The second kappa shape index (κ2) is 5.43. The third kappa shape index (κ3) is 2.04. The van der Waals surface area contributed by atoms with Gasteiger partial charge >= 0.3 is 0 Å². The largest absolute Gasteiger partial charge is 0.314 e. The Morgan fingerprint density at radius 1 is 0.815 bits per heavy atom. The van der Waals surface area contributed by atoms with Crippen molar-refractivity contribution in [1.29, 1.82) is 0 Å². The summed E-state index contributed by atoms with van der Waals surface area (Å²) in [6.45, 7) is 4.18. The van der Waals surface area contributed by atoms with Crippen molar-refractivity contribution in [3.05, 3.63) is 106 Å². The minimum atomic E-state index is -0.729. The summed E-state index contributed by atoms with van der Waals surface area (Å²) in [7, 11) is 1.88. The Labute approximate surface area is 159 Å². The van der Waals surface area contributed by atoms with Crippen LogP contribution in [0, 0.1) is 13.8 Å². The number of fused-ring (bicyclic) bond motifs is 4. The minimum absolute atomic E-state index is 0.123. The topological polar surface area (TPSA) is 20.3 Å². The normalized spacial score (nSPS) is 20.0. The Hall–Kier alpha value is -3.13. The Kier molecular flexibility index (Phi) is 3.23. The van der Waals surface area contributed by atoms with Crippen molar-refractivity contribution in [3.63, 3.8) is 0 Å². The Morgan fingerprint density at radius 2 is 1.52 bits per heavy atom. The highest BCUT2D eigenvalue weighted by molar-refractivity contribution is 6.15. The van der Waals surface area contributed by atoms with E-state index >= 15 is 0 Å². The zero-order valence-corrected chi connectivity index (χ0v) is 15.8. The molecular weight excluding hydrogens is 330 g/mol. The molecule has 0 saturated carbocycles. The van der Waals surface area contributed by atoms with Gasteiger partial charge in [-0.3, -0.25) is 4.79 Å². The summed E-state index contributed by atoms with van der Waals surface area (Å²) in [5, 5.41) is 0. The maximum absolute atomic E-state index is 13.6. The number of amides is 1. The van der Waals surface area contributed by atoms with Crippen LogP contribution in [0.5, 0.6) is 0 Å². The molecule has 27 heavy (non-hydrogen) atoms. The zero-order valence-electron chi connectivity index (χ0n) is 15.8. The molecule has 3 aromatic rings. The lowest BCUT2D eigenvalue weighted by Crippen LogP contribution is -2.37. The van der Waals surface area contributed by atoms with Crippen LogP contribution >= 0.6 is 0 Å². The van der Waals surface area contributed by atoms with Crippen LogP contribution in [-0.2, 0) is 10.2 Å². The fourth-order valence-corrected chi connectivity index (χ4v) is 4.55. The van der Waals surface area contributed by atoms with E-state index in [-0.39, 0.29) is 5.91 Å². The molecule has 132 valence electrons. The predicted octanol–water partition coefficient (Wildman–Crippen LogP) is 5.01. The van der Waals surface area contributed by atoms with Gasteiger partial charge in [-0.15, -0.1) is 0 Å². The average molecular weight is 351 g/mol. The van der Waals surface area contributed by atoms with Crippen molar-refractivity contribution < 1.29 is 4.79 Å². The molecule has 0 bridgehead atoms. The smallest absolute Gasteiger partial charge is 0.245 e. The van der Waals surface area contributed by atoms with E-state index in [9.17, 15) is 4.79 Å². The number of carbonyl (C=O) groups excluding carboxylic acids is 1. The number of nitrogens with zero attached hydrogens (tertiary/aromatic N) is 1. The Morgan fingerprint density at radius 3 is 2.30 bits per heavy atom. The van der Waals surface area contributed by atoms with Crippen molar-refractivity contribution >= 4 is 17.2 Å². The Balaban J connectivity index is 1.85. The van der Waals surface area contributed by atoms with E-state index in [1.165, 1.54) is 11.1 Å². The minimum Gasteiger partial charge on any atom is -0.314 e. The monoisotopic (exact) mass is 351 g/mol. The van der Waals surface area contributed by atoms with Crippen LogP contribution in [0.4, 0.5) is 5.69 Å². The number of hydrogen-bond donors (Lipinski definition) is 0. The van der Waals surface area contributed by atoms with Gasteiger partial charge < -0.3 is 4.90 Å². The third-order valence-electron chi connectivity index (χ3n) is 5.95. The summed E-state index contributed by atoms with van der Waals surface area (Å²) in [4.78, 5) is 15.4. The lowest BCUT2D eigenvalue weighted by atomic mass is 9.77. The summed E-state index contributed by atoms with van der Waals surface area (Å²) in [6.07, 6.45) is 2.19. The molecule has 1 heterocycles. The number of benzene rings is 3. The first-order valence-corrected chi connectivity index (χ1v) is 9.31. The third-order valence-corrected chi connectivity index (χ3v) is 5.95. The van der Waals surface area contributed by atoms with Crippen LogP contribution in [0.15, 0.2) is 72.8 Å². The molecule has 1 spiro atoms. The van der Waals surface area contributed by atoms with Crippen LogP contribution in [0.3, 0.4) is 0 Å². The van der Waals surface area contributed by atoms with E-state index in [1.807, 2.05) is 25.2 Å². The number of para-hydroxylation sites is 1. The van der Waals surface area contributed by atoms with E-state index in [0.29, 0.717) is 0 Å². The molecule has 2 nitrogen and oxygen atoms in total. The fraction of sp³-hybridized carbons (Fsp3) is 0.160. The SMILES string of the molecule is Cc1ccc(C2=CC3(C(=O)N(C)c4ccccc43)c3cc(C)ccc32)cc1. The maximum atomic E-state index is 13.6. The molecular formula is C25H21NO. The quantitative estimate of drug-likeness (QED) is 0.603. The van der Waals surface area contributed by atoms with Crippen molar-refractivity contribution in [2.24, 2.45) is 0 Å². The van der Waals surface area contributed by atoms with Gasteiger partial charge in [0.2, 0.25) is 5.91 Å². The van der Waals surface area contributed by atoms with Gasteiger partial charge in [-0.25, -0.2) is 0 Å². The summed E-state index contributed by atoms with van der Waals surface area (Å²) in [6, 6.07) is 23.2. The number of rotatable bonds is 1. The molecule has 0 N–H and O–H groups in total. The highest BCUT2D eigenvalue weighted by Crippen LogP contribution is 2.54. The van der Waals surface area contributed by atoms with Crippen LogP contribution in [-0.4, -0.2) is 13.0 Å². The van der Waals surface area contributed by atoms with E-state index in [2.05, 4.69) is 68.5 Å². The lowest BCUT2D eigenvalue weighted by molar-refractivity contribution is -0.120. The van der Waals surface area contributed by atoms with Crippen molar-refractivity contribution in [2.45, 2.75) is 19.3 Å². The number of aryl methyl sites for hydroxylation is 2. The van der Waals surface area contributed by atoms with Crippen molar-refractivity contribution in [1.82, 2.24) is 0 Å². The average Bonchev–Trinajstić information content (AvgIpc) is 3.12. The van der Waals surface area contributed by atoms with Crippen LogP contribution < -0.4 is 4.90 Å². The Bertz CT molecular complexity index is 1120. The van der Waals surface area contributed by atoms with Gasteiger partial charge in [0.15, 0.2) is 0 Å². The standard InChI is InChI=1S/C25H21NO/c1-16-8-11-18(12-9-16)20-15-25(22-14-17(2)10-13-19(20)22)21-6-4-5-7-23(21)26(3)24(25)27/h4-15H,1-3H3. The summed E-state index contributed by atoms with van der Waals surface area (Å²) >= 11 is 0. The van der Waals surface area contributed by atoms with Crippen molar-refractivity contribution in [3.8, 4) is 0 Å². The number of carbonyl (C=O) groups is 1. The fourth-order valence-electron chi connectivity index (χ4n) is 4.55. The zero-order chi connectivity index (χ0) is 18.8. The van der Waals surface area contributed by atoms with Crippen LogP contribution in [0.1, 0.15) is 33.4 Å². The first-order chi connectivity index (χ1) is 13.0. The molecule has 0 saturated heterocycles. The molecule has 1 amide bonds. The molecule has 0 aromatic heterocycles. The maximum Gasteiger partial charge on any atom is 0.245 e. The van der Waals surface area contributed by atoms with E-state index in [1.54, 1.807) is 4.90 Å². The molecule has 5 rings (SSSR count). The predicted molar refractivity (Wildman–Crippen MR) is 110 cm³/mol. The highest BCUT2D eigenvalue weighted by Gasteiger charge is 2.53. The number of hydrogen-bond acceptors (Lipinski definition) is 1. The molecule has 1 aliphatic carbocycles. The van der Waals surface area contributed by atoms with Gasteiger partial charge in [-0.2, -0.15) is 0 Å². The second-order valence-electron chi connectivity index (χ2n) is 7.66. The van der Waals surface area contributed by atoms with E-state index < -0.39 is 5.41 Å². The number of likely N-dealkylation sites (N-methyl/N-ethyl adjacent to an activating group) is 1. The molecule has 1 atom stereocenters. The first kappa shape index (κ1) is 16.1. The second-order valence-corrected chi connectivity index (χ2v) is 7.66. The molecule has 2 aliphatic rings. The van der Waals surface area contributed by atoms with Crippen LogP contribution in [0.25, 0.3) is 5.57 Å². The van der Waals surface area contributed by atoms with Gasteiger partial charge in [0.25, 0.3) is 0 Å². The molecule has 2 heteroatoms. The van der Waals surface area contributed by atoms with Crippen molar-refractivity contribution in [2.75, 3.05) is 11.9 Å². The molecule has 1 unspecified atom stereocenters. The first-order valence-electron chi connectivity index (χ1n) is 9.31. The van der Waals surface area contributed by atoms with Gasteiger partial charge in [0, 0.05) is 12.7 Å². The molecule has 3 aromatic carbocycles. The molecule has 1 aliphatic heterocycles.